The fourth-order valence-electron chi connectivity index (χ4n) is 3.53. The van der Waals surface area contributed by atoms with Crippen LogP contribution in [0.5, 0.6) is 0 Å². The molecule has 1 amide bonds. The molecule has 0 heterocycles. The number of halogens is 1. The third-order valence-corrected chi connectivity index (χ3v) is 7.53. The first-order valence-corrected chi connectivity index (χ1v) is 12.2. The van der Waals surface area contributed by atoms with Crippen molar-refractivity contribution in [1.29, 1.82) is 0 Å². The molecule has 0 unspecified atom stereocenters. The maximum absolute atomic E-state index is 13.2. The van der Waals surface area contributed by atoms with Gasteiger partial charge in [-0.15, -0.1) is 0 Å². The Bertz CT molecular complexity index is 958. The number of anilines is 1. The van der Waals surface area contributed by atoms with Crippen LogP contribution in [0.25, 0.3) is 0 Å². The summed E-state index contributed by atoms with van der Waals surface area (Å²) in [6.07, 6.45) is 2.45. The summed E-state index contributed by atoms with van der Waals surface area (Å²) in [5, 5.41) is 3.22. The van der Waals surface area contributed by atoms with Crippen molar-refractivity contribution in [2.45, 2.75) is 77.4 Å². The van der Waals surface area contributed by atoms with Crippen LogP contribution in [0.1, 0.15) is 81.4 Å². The van der Waals surface area contributed by atoms with Gasteiger partial charge in [-0.3, -0.25) is 4.79 Å². The lowest BCUT2D eigenvalue weighted by molar-refractivity contribution is 0.102. The summed E-state index contributed by atoms with van der Waals surface area (Å²) in [7, 11) is 0.343. The lowest BCUT2D eigenvalue weighted by Crippen LogP contribution is -2.29. The van der Waals surface area contributed by atoms with Crippen molar-refractivity contribution in [3.05, 3.63) is 63.1 Å². The Hall–Kier alpha value is -1.43. The Kier molecular flexibility index (Phi) is 6.39. The van der Waals surface area contributed by atoms with E-state index in [-0.39, 0.29) is 10.9 Å². The molecule has 0 aromatic heterocycles. The number of carbonyl (C=O) groups excluding carboxylic acids is 1. The fourth-order valence-corrected chi connectivity index (χ4v) is 5.04. The van der Waals surface area contributed by atoms with Gasteiger partial charge in [0, 0.05) is 21.3 Å². The zero-order chi connectivity index (χ0) is 22.3. The number of hydrogen-bond acceptors (Lipinski definition) is 2. The summed E-state index contributed by atoms with van der Waals surface area (Å²) in [5.41, 5.74) is 4.53. The summed E-state index contributed by atoms with van der Waals surface area (Å²) in [6.45, 7) is 14.9. The van der Waals surface area contributed by atoms with Crippen molar-refractivity contribution in [2.24, 2.45) is 0 Å². The maximum atomic E-state index is 13.2. The maximum Gasteiger partial charge on any atom is 0.255 e. The second-order valence-electron chi connectivity index (χ2n) is 10.2. The van der Waals surface area contributed by atoms with Gasteiger partial charge >= 0.3 is 0 Å². The molecular formula is C25H32BrNO2Si. The van der Waals surface area contributed by atoms with Crippen molar-refractivity contribution in [3.8, 4) is 0 Å². The second-order valence-corrected chi connectivity index (χ2v) is 12.9. The molecule has 1 aliphatic carbocycles. The van der Waals surface area contributed by atoms with E-state index in [0.717, 1.165) is 21.3 Å². The van der Waals surface area contributed by atoms with Crippen molar-refractivity contribution in [2.75, 3.05) is 5.32 Å². The van der Waals surface area contributed by atoms with Gasteiger partial charge in [0.05, 0.1) is 5.60 Å². The zero-order valence-corrected chi connectivity index (χ0v) is 21.7. The monoisotopic (exact) mass is 485 g/mol. The largest absolute Gasteiger partial charge is 0.408 e. The second kappa shape index (κ2) is 8.25. The summed E-state index contributed by atoms with van der Waals surface area (Å²) in [4.78, 5) is 13.2. The quantitative estimate of drug-likeness (QED) is 0.441. The molecule has 0 atom stereocenters. The van der Waals surface area contributed by atoms with E-state index in [2.05, 4.69) is 74.9 Å². The summed E-state index contributed by atoms with van der Waals surface area (Å²) in [5.74, 6) is -0.0894. The number of nitrogens with one attached hydrogen (secondary N) is 1. The van der Waals surface area contributed by atoms with Crippen LogP contribution in [-0.2, 0) is 15.4 Å². The number of hydrogen-bond donors (Lipinski definition) is 1. The van der Waals surface area contributed by atoms with E-state index in [1.807, 2.05) is 31.2 Å². The molecule has 1 aliphatic rings. The van der Waals surface area contributed by atoms with Crippen molar-refractivity contribution in [3.63, 3.8) is 0 Å². The topological polar surface area (TPSA) is 38.3 Å². The predicted octanol–water partition coefficient (Wildman–Crippen LogP) is 7.15. The van der Waals surface area contributed by atoms with Crippen molar-refractivity contribution < 1.29 is 9.22 Å². The van der Waals surface area contributed by atoms with Gasteiger partial charge in [-0.25, -0.2) is 0 Å². The van der Waals surface area contributed by atoms with Crippen LogP contribution < -0.4 is 5.32 Å². The first-order valence-electron chi connectivity index (χ1n) is 10.5. The third-order valence-electron chi connectivity index (χ3n) is 5.64. The lowest BCUT2D eigenvalue weighted by Gasteiger charge is -2.32. The van der Waals surface area contributed by atoms with E-state index in [0.29, 0.717) is 20.7 Å². The summed E-state index contributed by atoms with van der Waals surface area (Å²) in [6, 6.07) is 12.1. The minimum absolute atomic E-state index is 0.0823. The van der Waals surface area contributed by atoms with Gasteiger partial charge in [0.1, 0.15) is 0 Å². The SMILES string of the molecule is Cc1cc(C2(C)CC2)ccc1C(=O)Nc1cccc(Br)c1C(C)(C)O[Si]C(C)(C)C. The molecule has 2 radical (unpaired) electrons. The number of aryl methyl sites for hydroxylation is 1. The fraction of sp³-hybridized carbons (Fsp3) is 0.480. The Labute approximate surface area is 192 Å². The molecule has 1 fully saturated rings. The average molecular weight is 487 g/mol. The third kappa shape index (κ3) is 5.24. The minimum atomic E-state index is -0.548. The standard InChI is InChI=1S/C25H32BrNO2Si/c1-16-15-17(25(7)13-14-25)11-12-18(16)22(28)27-20-10-8-9-19(26)21(20)24(5,6)29-30-23(2,3)4/h8-12,15H,13-14H2,1-7H3,(H,27,28). The van der Waals surface area contributed by atoms with Gasteiger partial charge in [0.15, 0.2) is 0 Å². The molecule has 0 saturated heterocycles. The highest BCUT2D eigenvalue weighted by molar-refractivity contribution is 9.10. The molecule has 2 aromatic rings. The highest BCUT2D eigenvalue weighted by Gasteiger charge is 2.39. The first-order chi connectivity index (χ1) is 13.8. The first kappa shape index (κ1) is 23.2. The Morgan fingerprint density at radius 2 is 1.80 bits per heavy atom. The van der Waals surface area contributed by atoms with Crippen molar-refractivity contribution in [1.82, 2.24) is 0 Å². The molecule has 5 heteroatoms. The number of amides is 1. The van der Waals surface area contributed by atoms with Gasteiger partial charge in [-0.1, -0.05) is 61.8 Å². The Morgan fingerprint density at radius 1 is 1.13 bits per heavy atom. The van der Waals surface area contributed by atoms with Gasteiger partial charge < -0.3 is 9.74 Å². The number of rotatable bonds is 6. The number of benzene rings is 2. The van der Waals surface area contributed by atoms with E-state index in [4.69, 9.17) is 4.43 Å². The van der Waals surface area contributed by atoms with Crippen LogP contribution in [0, 0.1) is 6.92 Å². The molecule has 2 aromatic carbocycles. The molecule has 0 spiro atoms. The van der Waals surface area contributed by atoms with Gasteiger partial charge in [-0.2, -0.15) is 0 Å². The van der Waals surface area contributed by atoms with Crippen LogP contribution in [-0.4, -0.2) is 15.7 Å². The minimum Gasteiger partial charge on any atom is -0.408 e. The molecule has 3 nitrogen and oxygen atoms in total. The van der Waals surface area contributed by atoms with Crippen LogP contribution in [0.15, 0.2) is 40.9 Å². The molecule has 1 N–H and O–H groups in total. The van der Waals surface area contributed by atoms with Crippen LogP contribution >= 0.6 is 15.9 Å². The molecular weight excluding hydrogens is 454 g/mol. The molecule has 1 saturated carbocycles. The Morgan fingerprint density at radius 3 is 2.37 bits per heavy atom. The van der Waals surface area contributed by atoms with Crippen molar-refractivity contribution >= 4 is 37.3 Å². The average Bonchev–Trinajstić information content (AvgIpc) is 3.38. The van der Waals surface area contributed by atoms with Crippen LogP contribution in [0.2, 0.25) is 5.04 Å². The predicted molar refractivity (Wildman–Crippen MR) is 129 cm³/mol. The molecule has 30 heavy (non-hydrogen) atoms. The zero-order valence-electron chi connectivity index (χ0n) is 19.1. The molecule has 3 rings (SSSR count). The molecule has 160 valence electrons. The van der Waals surface area contributed by atoms with E-state index in [1.54, 1.807) is 0 Å². The Balaban J connectivity index is 1.87. The van der Waals surface area contributed by atoms with E-state index >= 15 is 0 Å². The van der Waals surface area contributed by atoms with Crippen LogP contribution in [0.4, 0.5) is 5.69 Å². The highest BCUT2D eigenvalue weighted by atomic mass is 79.9. The molecule has 0 bridgehead atoms. The molecule has 0 aliphatic heterocycles. The van der Waals surface area contributed by atoms with E-state index < -0.39 is 5.60 Å². The summed E-state index contributed by atoms with van der Waals surface area (Å²) < 4.78 is 7.25. The lowest BCUT2D eigenvalue weighted by atomic mass is 9.93. The van der Waals surface area contributed by atoms with E-state index in [1.165, 1.54) is 18.4 Å². The summed E-state index contributed by atoms with van der Waals surface area (Å²) >= 11 is 3.67. The van der Waals surface area contributed by atoms with E-state index in [9.17, 15) is 4.79 Å². The van der Waals surface area contributed by atoms with Crippen LogP contribution in [0.3, 0.4) is 0 Å². The smallest absolute Gasteiger partial charge is 0.255 e. The van der Waals surface area contributed by atoms with Gasteiger partial charge in [0.25, 0.3) is 5.91 Å². The number of carbonyl (C=O) groups is 1. The van der Waals surface area contributed by atoms with Gasteiger partial charge in [-0.05, 0) is 73.4 Å². The highest BCUT2D eigenvalue weighted by Crippen LogP contribution is 2.48. The normalized spacial score (nSPS) is 15.7. The van der Waals surface area contributed by atoms with Gasteiger partial charge in [0.2, 0.25) is 9.76 Å².